The molecule has 0 fully saturated rings. The van der Waals surface area contributed by atoms with Crippen molar-refractivity contribution in [2.24, 2.45) is 20.0 Å². The predicted octanol–water partition coefficient (Wildman–Crippen LogP) is 0.985. The zero-order valence-electron chi connectivity index (χ0n) is 15.5. The Bertz CT molecular complexity index is 1280. The normalized spacial score (nSPS) is 18.1. The Balaban J connectivity index is 1.86. The van der Waals surface area contributed by atoms with Crippen molar-refractivity contribution in [1.29, 1.82) is 0 Å². The lowest BCUT2D eigenvalue weighted by Crippen LogP contribution is -2.28. The third kappa shape index (κ3) is 4.36. The number of aliphatic imine (C=N–C) groups is 3. The standard InChI is InChI=1S/C21H14N6O3/c28-17-7-2-1-4-8-30-9-5-3-6-14-10-15(11-23-17)26-19-18-16(12-22-14)21(29)27-20(18)25-13-24-19/h1-6,8-13H,7H2. The molecule has 0 radical (unpaired) electrons. The number of rotatable bonds is 0. The molecule has 4 rings (SSSR count). The van der Waals surface area contributed by atoms with Crippen LogP contribution in [0.1, 0.15) is 6.42 Å². The molecule has 2 bridgehead atoms. The van der Waals surface area contributed by atoms with Gasteiger partial charge in [0.1, 0.15) is 6.33 Å². The summed E-state index contributed by atoms with van der Waals surface area (Å²) in [6.45, 7) is 0. The quantitative estimate of drug-likeness (QED) is 0.646. The van der Waals surface area contributed by atoms with Crippen molar-refractivity contribution in [2.45, 2.75) is 6.42 Å². The second-order valence-electron chi connectivity index (χ2n) is 6.03. The Morgan fingerprint density at radius 3 is 2.67 bits per heavy atom. The van der Waals surface area contributed by atoms with Gasteiger partial charge in [-0.25, -0.2) is 20.0 Å². The molecule has 0 spiro atoms. The molecule has 0 N–H and O–H groups in total. The highest BCUT2D eigenvalue weighted by Gasteiger charge is 2.19. The third-order valence-corrected chi connectivity index (χ3v) is 3.96. The van der Waals surface area contributed by atoms with Gasteiger partial charge >= 0.3 is 0 Å². The number of hydrogen-bond donors (Lipinski definition) is 0. The molecular formula is C21H14N6O3. The fourth-order valence-corrected chi connectivity index (χ4v) is 2.62. The second-order valence-corrected chi connectivity index (χ2v) is 6.03. The topological polar surface area (TPSA) is 119 Å². The van der Waals surface area contributed by atoms with E-state index in [0.29, 0.717) is 16.6 Å². The summed E-state index contributed by atoms with van der Waals surface area (Å²) in [6.07, 6.45) is 18.8. The van der Waals surface area contributed by atoms with Crippen LogP contribution in [0.4, 0.5) is 5.82 Å². The van der Waals surface area contributed by atoms with Crippen LogP contribution in [0.25, 0.3) is 5.57 Å². The van der Waals surface area contributed by atoms with E-state index in [1.807, 2.05) is 0 Å². The van der Waals surface area contributed by atoms with Crippen LogP contribution in [0.5, 0.6) is 0 Å². The first-order valence-corrected chi connectivity index (χ1v) is 8.91. The molecule has 0 saturated carbocycles. The van der Waals surface area contributed by atoms with Gasteiger partial charge in [0.2, 0.25) is 5.91 Å². The summed E-state index contributed by atoms with van der Waals surface area (Å²) in [7, 11) is 0. The third-order valence-electron chi connectivity index (χ3n) is 3.96. The number of hydrogen-bond acceptors (Lipinski definition) is 7. The van der Waals surface area contributed by atoms with Gasteiger partial charge in [0, 0.05) is 12.6 Å². The molecule has 30 heavy (non-hydrogen) atoms. The average Bonchev–Trinajstić information content (AvgIpc) is 3.09. The molecule has 0 aromatic carbocycles. The summed E-state index contributed by atoms with van der Waals surface area (Å²) in [5.74, 6) is -0.569. The van der Waals surface area contributed by atoms with Gasteiger partial charge in [-0.05, 0) is 24.3 Å². The number of aromatic nitrogens is 2. The van der Waals surface area contributed by atoms with Crippen LogP contribution in [0, 0.1) is 0 Å². The summed E-state index contributed by atoms with van der Waals surface area (Å²) < 4.78 is 5.19. The lowest BCUT2D eigenvalue weighted by molar-refractivity contribution is -0.117. The highest BCUT2D eigenvalue weighted by Crippen LogP contribution is 2.10. The second kappa shape index (κ2) is 8.74. The number of carbonyl (C=O) groups is 2. The largest absolute Gasteiger partial charge is 0.473 e. The van der Waals surface area contributed by atoms with Gasteiger partial charge in [0.25, 0.3) is 5.91 Å². The van der Waals surface area contributed by atoms with Crippen LogP contribution in [0.3, 0.4) is 0 Å². The minimum absolute atomic E-state index is 0.118. The highest BCUT2D eigenvalue weighted by atomic mass is 16.5. The Labute approximate surface area is 170 Å². The van der Waals surface area contributed by atoms with Gasteiger partial charge in [0.15, 0.2) is 11.3 Å². The van der Waals surface area contributed by atoms with Crippen molar-refractivity contribution >= 4 is 41.3 Å². The van der Waals surface area contributed by atoms with Gasteiger partial charge < -0.3 is 4.74 Å². The monoisotopic (exact) mass is 398 g/mol. The minimum atomic E-state index is -0.466. The van der Waals surface area contributed by atoms with Gasteiger partial charge in [-0.15, -0.1) is 0 Å². The molecular weight excluding hydrogens is 384 g/mol. The van der Waals surface area contributed by atoms with E-state index in [1.165, 1.54) is 31.3 Å². The van der Waals surface area contributed by atoms with E-state index in [9.17, 15) is 9.59 Å². The molecule has 3 aliphatic rings. The zero-order chi connectivity index (χ0) is 20.8. The van der Waals surface area contributed by atoms with E-state index in [2.05, 4.69) is 29.9 Å². The molecule has 9 nitrogen and oxygen atoms in total. The zero-order valence-corrected chi connectivity index (χ0v) is 15.5. The van der Waals surface area contributed by atoms with Crippen molar-refractivity contribution in [1.82, 2.24) is 9.97 Å². The van der Waals surface area contributed by atoms with Crippen molar-refractivity contribution in [3.05, 3.63) is 77.8 Å². The lowest BCUT2D eigenvalue weighted by atomic mass is 10.2. The number of ether oxygens (including phenoxy) is 1. The molecule has 0 unspecified atom stereocenters. The van der Waals surface area contributed by atoms with Crippen LogP contribution in [0.15, 0.2) is 87.1 Å². The molecule has 9 heteroatoms. The molecule has 1 aromatic rings. The maximum Gasteiger partial charge on any atom is 0.281 e. The van der Waals surface area contributed by atoms with E-state index in [1.54, 1.807) is 42.5 Å². The molecule has 0 saturated heterocycles. The maximum absolute atomic E-state index is 12.3. The summed E-state index contributed by atoms with van der Waals surface area (Å²) in [6, 6.07) is 0. The van der Waals surface area contributed by atoms with E-state index in [4.69, 9.17) is 4.74 Å². The fraction of sp³-hybridized carbons (Fsp3) is 0.0476. The number of allylic oxidation sites excluding steroid dienone is 6. The van der Waals surface area contributed by atoms with Crippen molar-refractivity contribution in [3.63, 3.8) is 0 Å². The smallest absolute Gasteiger partial charge is 0.281 e. The molecule has 2 amide bonds. The van der Waals surface area contributed by atoms with Gasteiger partial charge in [-0.1, -0.05) is 18.2 Å². The van der Waals surface area contributed by atoms with Crippen LogP contribution < -0.4 is 10.7 Å². The summed E-state index contributed by atoms with van der Waals surface area (Å²) in [4.78, 5) is 49.2. The van der Waals surface area contributed by atoms with Gasteiger partial charge in [-0.2, -0.15) is 4.99 Å². The number of fused-ring (bicyclic) bond motifs is 1. The maximum atomic E-state index is 12.3. The van der Waals surface area contributed by atoms with Gasteiger partial charge in [0.05, 0.1) is 40.9 Å². The highest BCUT2D eigenvalue weighted by molar-refractivity contribution is 6.39. The number of amides is 2. The number of nitrogens with zero attached hydrogens (tertiary/aromatic N) is 6. The SMILES string of the molecule is O=C1CC=CC=COC=CC=CC2=CC(=Nc3ncnc4c3=C(C=N2)C(=O)N=4)C=N1. The van der Waals surface area contributed by atoms with Crippen LogP contribution >= 0.6 is 0 Å². The van der Waals surface area contributed by atoms with E-state index >= 15 is 0 Å². The Hall–Kier alpha value is -4.40. The fourth-order valence-electron chi connectivity index (χ4n) is 2.62. The van der Waals surface area contributed by atoms with E-state index in [-0.39, 0.29) is 29.2 Å². The minimum Gasteiger partial charge on any atom is -0.473 e. The first kappa shape index (κ1) is 18.9. The number of carbonyl (C=O) groups excluding carboxylic acids is 2. The Kier molecular flexibility index (Phi) is 5.52. The van der Waals surface area contributed by atoms with Crippen molar-refractivity contribution < 1.29 is 14.3 Å². The summed E-state index contributed by atoms with van der Waals surface area (Å²) in [5, 5.41) is 0.398. The van der Waals surface area contributed by atoms with Crippen LogP contribution in [-0.4, -0.2) is 39.9 Å². The van der Waals surface area contributed by atoms with Crippen LogP contribution in [0.2, 0.25) is 0 Å². The molecule has 146 valence electrons. The summed E-state index contributed by atoms with van der Waals surface area (Å²) in [5.41, 5.74) is 1.28. The van der Waals surface area contributed by atoms with E-state index in [0.717, 1.165) is 0 Å². The average molecular weight is 398 g/mol. The first-order chi connectivity index (χ1) is 14.7. The first-order valence-electron chi connectivity index (χ1n) is 8.91. The van der Waals surface area contributed by atoms with Crippen molar-refractivity contribution in [2.75, 3.05) is 0 Å². The summed E-state index contributed by atoms with van der Waals surface area (Å²) >= 11 is 0. The van der Waals surface area contributed by atoms with E-state index < -0.39 is 5.91 Å². The lowest BCUT2D eigenvalue weighted by Gasteiger charge is -1.97. The predicted molar refractivity (Wildman–Crippen MR) is 111 cm³/mol. The van der Waals surface area contributed by atoms with Crippen molar-refractivity contribution in [3.8, 4) is 0 Å². The Morgan fingerprint density at radius 2 is 1.77 bits per heavy atom. The van der Waals surface area contributed by atoms with Gasteiger partial charge in [-0.3, -0.25) is 14.6 Å². The molecule has 0 aliphatic carbocycles. The Morgan fingerprint density at radius 1 is 0.900 bits per heavy atom. The van der Waals surface area contributed by atoms with Crippen LogP contribution in [-0.2, 0) is 14.3 Å². The molecule has 0 atom stereocenters. The molecule has 1 aromatic heterocycles. The molecule has 3 aliphatic heterocycles. The molecule has 4 heterocycles.